The minimum absolute atomic E-state index is 0.0170. The molecule has 0 atom stereocenters. The summed E-state index contributed by atoms with van der Waals surface area (Å²) in [6.07, 6.45) is 4.80. The number of nitrogens with two attached hydrogens (primary N) is 1. The lowest BCUT2D eigenvalue weighted by Gasteiger charge is -2.37. The molecule has 0 bridgehead atoms. The SMILES string of the molecule is NC(=O)c1c(F)cc(Br)cc1N1CCC(C(=O)N2CCCCC2)CC1. The zero-order valence-electron chi connectivity index (χ0n) is 14.1. The van der Waals surface area contributed by atoms with Crippen molar-refractivity contribution in [2.75, 3.05) is 31.1 Å². The third kappa shape index (κ3) is 3.97. The lowest BCUT2D eigenvalue weighted by atomic mass is 9.93. The van der Waals surface area contributed by atoms with E-state index in [2.05, 4.69) is 15.9 Å². The van der Waals surface area contributed by atoms with Crippen molar-refractivity contribution in [2.24, 2.45) is 11.7 Å². The van der Waals surface area contributed by atoms with Gasteiger partial charge >= 0.3 is 0 Å². The van der Waals surface area contributed by atoms with Crippen molar-refractivity contribution in [3.63, 3.8) is 0 Å². The molecule has 3 rings (SSSR count). The smallest absolute Gasteiger partial charge is 0.253 e. The summed E-state index contributed by atoms with van der Waals surface area (Å²) in [4.78, 5) is 28.2. The maximum Gasteiger partial charge on any atom is 0.253 e. The van der Waals surface area contributed by atoms with E-state index in [4.69, 9.17) is 5.73 Å². The minimum atomic E-state index is -0.772. The van der Waals surface area contributed by atoms with Crippen LogP contribution in [0, 0.1) is 11.7 Å². The first kappa shape index (κ1) is 18.2. The number of halogens is 2. The van der Waals surface area contributed by atoms with Crippen LogP contribution in [-0.2, 0) is 4.79 Å². The highest BCUT2D eigenvalue weighted by Crippen LogP contribution is 2.31. The third-order valence-electron chi connectivity index (χ3n) is 5.13. The van der Waals surface area contributed by atoms with E-state index in [1.54, 1.807) is 6.07 Å². The molecule has 7 heteroatoms. The fourth-order valence-corrected chi connectivity index (χ4v) is 4.21. The molecule has 2 heterocycles. The highest BCUT2D eigenvalue weighted by Gasteiger charge is 2.31. The Bertz CT molecular complexity index is 669. The van der Waals surface area contributed by atoms with Crippen molar-refractivity contribution in [1.82, 2.24) is 4.90 Å². The Morgan fingerprint density at radius 1 is 1.08 bits per heavy atom. The Hall–Kier alpha value is -1.63. The van der Waals surface area contributed by atoms with Crippen LogP contribution in [0.25, 0.3) is 0 Å². The van der Waals surface area contributed by atoms with Crippen LogP contribution < -0.4 is 10.6 Å². The summed E-state index contributed by atoms with van der Waals surface area (Å²) in [7, 11) is 0. The maximum absolute atomic E-state index is 14.1. The molecule has 2 aliphatic heterocycles. The first-order valence-electron chi connectivity index (χ1n) is 8.80. The molecular formula is C18H23BrFN3O2. The standard InChI is InChI=1S/C18H23BrFN3O2/c19-13-10-14(20)16(17(21)24)15(11-13)22-8-4-12(5-9-22)18(25)23-6-2-1-3-7-23/h10-12H,1-9H2,(H2,21,24). The second kappa shape index (κ2) is 7.72. The molecule has 0 spiro atoms. The molecule has 2 fully saturated rings. The summed E-state index contributed by atoms with van der Waals surface area (Å²) in [5.74, 6) is -1.13. The predicted octanol–water partition coefficient (Wildman–Crippen LogP) is 2.92. The number of rotatable bonds is 3. The summed E-state index contributed by atoms with van der Waals surface area (Å²) in [5, 5.41) is 0. The fourth-order valence-electron chi connectivity index (χ4n) is 3.79. The van der Waals surface area contributed by atoms with Gasteiger partial charge in [0.1, 0.15) is 5.82 Å². The van der Waals surface area contributed by atoms with Crippen LogP contribution in [-0.4, -0.2) is 42.9 Å². The van der Waals surface area contributed by atoms with Crippen LogP contribution in [0.5, 0.6) is 0 Å². The number of likely N-dealkylation sites (tertiary alicyclic amines) is 1. The van der Waals surface area contributed by atoms with Crippen molar-refractivity contribution < 1.29 is 14.0 Å². The van der Waals surface area contributed by atoms with Gasteiger partial charge in [-0.1, -0.05) is 15.9 Å². The summed E-state index contributed by atoms with van der Waals surface area (Å²) >= 11 is 3.27. The van der Waals surface area contributed by atoms with Crippen molar-refractivity contribution in [3.05, 3.63) is 28.0 Å². The van der Waals surface area contributed by atoms with Gasteiger partial charge < -0.3 is 15.5 Å². The minimum Gasteiger partial charge on any atom is -0.371 e. The molecule has 0 saturated carbocycles. The Kier molecular flexibility index (Phi) is 5.61. The van der Waals surface area contributed by atoms with Crippen LogP contribution in [0.15, 0.2) is 16.6 Å². The van der Waals surface area contributed by atoms with Crippen molar-refractivity contribution >= 4 is 33.4 Å². The quantitative estimate of drug-likeness (QED) is 0.831. The Morgan fingerprint density at radius 3 is 2.32 bits per heavy atom. The largest absolute Gasteiger partial charge is 0.371 e. The number of hydrogen-bond donors (Lipinski definition) is 1. The summed E-state index contributed by atoms with van der Waals surface area (Å²) < 4.78 is 14.7. The van der Waals surface area contributed by atoms with E-state index in [9.17, 15) is 14.0 Å². The highest BCUT2D eigenvalue weighted by atomic mass is 79.9. The second-order valence-electron chi connectivity index (χ2n) is 6.79. The molecule has 2 aliphatic rings. The molecule has 2 amide bonds. The van der Waals surface area contributed by atoms with Gasteiger partial charge in [0, 0.05) is 36.6 Å². The van der Waals surface area contributed by atoms with Crippen molar-refractivity contribution in [2.45, 2.75) is 32.1 Å². The zero-order chi connectivity index (χ0) is 18.0. The molecule has 0 unspecified atom stereocenters. The third-order valence-corrected chi connectivity index (χ3v) is 5.59. The summed E-state index contributed by atoms with van der Waals surface area (Å²) in [5.41, 5.74) is 5.79. The number of amides is 2. The van der Waals surface area contributed by atoms with Crippen LogP contribution in [0.3, 0.4) is 0 Å². The first-order valence-corrected chi connectivity index (χ1v) is 9.59. The number of carbonyl (C=O) groups excluding carboxylic acids is 2. The summed E-state index contributed by atoms with van der Waals surface area (Å²) in [6, 6.07) is 2.96. The van der Waals surface area contributed by atoms with Gasteiger partial charge in [0.25, 0.3) is 5.91 Å². The second-order valence-corrected chi connectivity index (χ2v) is 7.71. The van der Waals surface area contributed by atoms with E-state index in [0.29, 0.717) is 36.1 Å². The van der Waals surface area contributed by atoms with Crippen LogP contribution >= 0.6 is 15.9 Å². The van der Waals surface area contributed by atoms with Gasteiger partial charge in [-0.05, 0) is 44.2 Å². The lowest BCUT2D eigenvalue weighted by Crippen LogP contribution is -2.44. The van der Waals surface area contributed by atoms with E-state index in [1.165, 1.54) is 12.5 Å². The number of piperidine rings is 2. The Morgan fingerprint density at radius 2 is 1.72 bits per heavy atom. The van der Waals surface area contributed by atoms with E-state index < -0.39 is 11.7 Å². The molecule has 2 N–H and O–H groups in total. The molecule has 0 aromatic heterocycles. The monoisotopic (exact) mass is 411 g/mol. The Labute approximate surface area is 155 Å². The summed E-state index contributed by atoms with van der Waals surface area (Å²) in [6.45, 7) is 2.95. The number of carbonyl (C=O) groups is 2. The molecule has 2 saturated heterocycles. The van der Waals surface area contributed by atoms with Crippen LogP contribution in [0.2, 0.25) is 0 Å². The van der Waals surface area contributed by atoms with Gasteiger partial charge in [0.05, 0.1) is 11.3 Å². The van der Waals surface area contributed by atoms with Crippen LogP contribution in [0.4, 0.5) is 10.1 Å². The van der Waals surface area contributed by atoms with Gasteiger partial charge in [-0.25, -0.2) is 4.39 Å². The van der Waals surface area contributed by atoms with Gasteiger partial charge in [-0.15, -0.1) is 0 Å². The zero-order valence-corrected chi connectivity index (χ0v) is 15.7. The molecule has 1 aromatic rings. The van der Waals surface area contributed by atoms with E-state index in [0.717, 1.165) is 25.9 Å². The van der Waals surface area contributed by atoms with Gasteiger partial charge in [-0.2, -0.15) is 0 Å². The maximum atomic E-state index is 14.1. The number of nitrogens with zero attached hydrogens (tertiary/aromatic N) is 2. The number of anilines is 1. The lowest BCUT2D eigenvalue weighted by molar-refractivity contribution is -0.137. The molecule has 25 heavy (non-hydrogen) atoms. The fraction of sp³-hybridized carbons (Fsp3) is 0.556. The number of benzene rings is 1. The normalized spacial score (nSPS) is 19.1. The molecule has 0 aliphatic carbocycles. The van der Waals surface area contributed by atoms with Crippen molar-refractivity contribution in [3.8, 4) is 0 Å². The van der Waals surface area contributed by atoms with Crippen LogP contribution in [0.1, 0.15) is 42.5 Å². The van der Waals surface area contributed by atoms with Gasteiger partial charge in [0.15, 0.2) is 0 Å². The number of hydrogen-bond acceptors (Lipinski definition) is 3. The van der Waals surface area contributed by atoms with Gasteiger partial charge in [-0.3, -0.25) is 9.59 Å². The molecule has 0 radical (unpaired) electrons. The van der Waals surface area contributed by atoms with Gasteiger partial charge in [0.2, 0.25) is 5.91 Å². The Balaban J connectivity index is 1.70. The molecule has 1 aromatic carbocycles. The topological polar surface area (TPSA) is 66.6 Å². The average Bonchev–Trinajstić information content (AvgIpc) is 2.61. The van der Waals surface area contributed by atoms with E-state index >= 15 is 0 Å². The number of primary amides is 1. The predicted molar refractivity (Wildman–Crippen MR) is 98.0 cm³/mol. The van der Waals surface area contributed by atoms with E-state index in [-0.39, 0.29) is 17.4 Å². The molecule has 5 nitrogen and oxygen atoms in total. The first-order chi connectivity index (χ1) is 12.0. The van der Waals surface area contributed by atoms with E-state index in [1.807, 2.05) is 9.80 Å². The molecule has 136 valence electrons. The van der Waals surface area contributed by atoms with Crippen molar-refractivity contribution in [1.29, 1.82) is 0 Å². The molecular weight excluding hydrogens is 389 g/mol. The highest BCUT2D eigenvalue weighted by molar-refractivity contribution is 9.10. The average molecular weight is 412 g/mol.